The zero-order valence-electron chi connectivity index (χ0n) is 11.1. The van der Waals surface area contributed by atoms with Gasteiger partial charge in [0.15, 0.2) is 5.65 Å². The Morgan fingerprint density at radius 1 is 1.25 bits per heavy atom. The average Bonchev–Trinajstić information content (AvgIpc) is 2.87. The molecule has 0 aliphatic heterocycles. The predicted octanol–water partition coefficient (Wildman–Crippen LogP) is 3.87. The van der Waals surface area contributed by atoms with Crippen molar-refractivity contribution in [2.45, 2.75) is 12.8 Å². The van der Waals surface area contributed by atoms with Gasteiger partial charge in [-0.3, -0.25) is 0 Å². The van der Waals surface area contributed by atoms with Crippen molar-refractivity contribution in [3.63, 3.8) is 0 Å². The van der Waals surface area contributed by atoms with Gasteiger partial charge in [-0.15, -0.1) is 0 Å². The van der Waals surface area contributed by atoms with E-state index >= 15 is 0 Å². The van der Waals surface area contributed by atoms with E-state index in [1.807, 2.05) is 18.2 Å². The van der Waals surface area contributed by atoms with E-state index in [9.17, 15) is 0 Å². The van der Waals surface area contributed by atoms with Gasteiger partial charge in [-0.2, -0.15) is 0 Å². The molecule has 100 valence electrons. The maximum Gasteiger partial charge on any atom is 0.152 e. The van der Waals surface area contributed by atoms with Crippen LogP contribution in [0.4, 0.5) is 0 Å². The van der Waals surface area contributed by atoms with Crippen LogP contribution in [0.2, 0.25) is 0 Å². The van der Waals surface area contributed by atoms with Crippen molar-refractivity contribution in [1.29, 1.82) is 0 Å². The Hall–Kier alpha value is -1.81. The molecule has 1 aromatic carbocycles. The molecule has 0 saturated heterocycles. The number of aromatic nitrogens is 2. The molecule has 20 heavy (non-hydrogen) atoms. The maximum atomic E-state index is 5.35. The third kappa shape index (κ3) is 1.61. The van der Waals surface area contributed by atoms with Gasteiger partial charge in [-0.1, -0.05) is 6.07 Å². The molecule has 3 aromatic rings. The Labute approximate surface area is 125 Å². The summed E-state index contributed by atoms with van der Waals surface area (Å²) in [5, 5.41) is 0. The van der Waals surface area contributed by atoms with E-state index in [4.69, 9.17) is 9.72 Å². The summed E-state index contributed by atoms with van der Waals surface area (Å²) in [6, 6.07) is 10.3. The van der Waals surface area contributed by atoms with Gasteiger partial charge in [-0.05, 0) is 58.6 Å². The van der Waals surface area contributed by atoms with Gasteiger partial charge in [0.2, 0.25) is 0 Å². The molecule has 0 saturated carbocycles. The van der Waals surface area contributed by atoms with E-state index in [0.717, 1.165) is 34.4 Å². The van der Waals surface area contributed by atoms with Gasteiger partial charge < -0.3 is 9.14 Å². The van der Waals surface area contributed by atoms with Crippen LogP contribution in [0.25, 0.3) is 16.9 Å². The number of methoxy groups -OCH3 is 1. The smallest absolute Gasteiger partial charge is 0.152 e. The number of hydrogen-bond acceptors (Lipinski definition) is 2. The number of pyridine rings is 1. The van der Waals surface area contributed by atoms with Gasteiger partial charge >= 0.3 is 0 Å². The van der Waals surface area contributed by atoms with Crippen LogP contribution in [0.1, 0.15) is 11.3 Å². The first-order valence-electron chi connectivity index (χ1n) is 6.60. The van der Waals surface area contributed by atoms with Crippen LogP contribution in [0.15, 0.2) is 41.0 Å². The van der Waals surface area contributed by atoms with Gasteiger partial charge in [0.1, 0.15) is 5.75 Å². The Morgan fingerprint density at radius 3 is 3.00 bits per heavy atom. The lowest BCUT2D eigenvalue weighted by atomic mass is 9.92. The monoisotopic (exact) mass is 328 g/mol. The fourth-order valence-electron chi connectivity index (χ4n) is 2.91. The fraction of sp³-hybridized carbons (Fsp3) is 0.188. The summed E-state index contributed by atoms with van der Waals surface area (Å²) in [6.45, 7) is 0. The Balaban J connectivity index is 2.04. The molecule has 0 N–H and O–H groups in total. The van der Waals surface area contributed by atoms with Gasteiger partial charge in [0.05, 0.1) is 23.0 Å². The number of fused-ring (bicyclic) bond motifs is 5. The summed E-state index contributed by atoms with van der Waals surface area (Å²) in [7, 11) is 1.70. The number of halogens is 1. The van der Waals surface area contributed by atoms with Crippen molar-refractivity contribution < 1.29 is 4.74 Å². The molecule has 3 nitrogen and oxygen atoms in total. The zero-order chi connectivity index (χ0) is 13.7. The topological polar surface area (TPSA) is 26.5 Å². The van der Waals surface area contributed by atoms with E-state index in [0.29, 0.717) is 0 Å². The second-order valence-corrected chi connectivity index (χ2v) is 5.83. The van der Waals surface area contributed by atoms with E-state index in [2.05, 4.69) is 38.7 Å². The molecular formula is C16H13BrN2O. The number of hydrogen-bond donors (Lipinski definition) is 0. The maximum absolute atomic E-state index is 5.35. The molecule has 0 spiro atoms. The van der Waals surface area contributed by atoms with Crippen LogP contribution < -0.4 is 4.74 Å². The first kappa shape index (κ1) is 12.0. The summed E-state index contributed by atoms with van der Waals surface area (Å²) in [5.41, 5.74) is 5.88. The summed E-state index contributed by atoms with van der Waals surface area (Å²) < 4.78 is 8.56. The fourth-order valence-corrected chi connectivity index (χ4v) is 3.34. The molecule has 0 unspecified atom stereocenters. The minimum absolute atomic E-state index is 0.882. The number of rotatable bonds is 1. The van der Waals surface area contributed by atoms with E-state index in [1.54, 1.807) is 7.11 Å². The normalized spacial score (nSPS) is 13.1. The Morgan fingerprint density at radius 2 is 2.15 bits per heavy atom. The van der Waals surface area contributed by atoms with Crippen molar-refractivity contribution in [3.05, 3.63) is 52.3 Å². The molecule has 0 bridgehead atoms. The van der Waals surface area contributed by atoms with Crippen molar-refractivity contribution in [2.75, 3.05) is 7.11 Å². The first-order valence-corrected chi connectivity index (χ1v) is 7.40. The molecule has 2 aromatic heterocycles. The minimum atomic E-state index is 0.882. The second kappa shape index (κ2) is 4.35. The second-order valence-electron chi connectivity index (χ2n) is 4.98. The molecule has 0 fully saturated rings. The molecule has 2 heterocycles. The van der Waals surface area contributed by atoms with Crippen molar-refractivity contribution in [2.24, 2.45) is 0 Å². The van der Waals surface area contributed by atoms with E-state index in [1.165, 1.54) is 16.8 Å². The highest BCUT2D eigenvalue weighted by Crippen LogP contribution is 2.36. The van der Waals surface area contributed by atoms with Crippen LogP contribution >= 0.6 is 15.9 Å². The van der Waals surface area contributed by atoms with Crippen LogP contribution in [-0.4, -0.2) is 16.5 Å². The Kier molecular flexibility index (Phi) is 2.60. The first-order chi connectivity index (χ1) is 9.78. The summed E-state index contributed by atoms with van der Waals surface area (Å²) in [5.74, 6) is 0.882. The van der Waals surface area contributed by atoms with E-state index in [-0.39, 0.29) is 0 Å². The van der Waals surface area contributed by atoms with Crippen molar-refractivity contribution >= 4 is 21.6 Å². The molecule has 1 aliphatic rings. The molecule has 4 rings (SSSR count). The van der Waals surface area contributed by atoms with Gasteiger partial charge in [0, 0.05) is 11.8 Å². The van der Waals surface area contributed by atoms with E-state index < -0.39 is 0 Å². The average molecular weight is 329 g/mol. The van der Waals surface area contributed by atoms with Crippen molar-refractivity contribution in [1.82, 2.24) is 9.38 Å². The highest BCUT2D eigenvalue weighted by molar-refractivity contribution is 9.10. The number of imidazole rings is 1. The summed E-state index contributed by atoms with van der Waals surface area (Å²) >= 11 is 3.58. The summed E-state index contributed by atoms with van der Waals surface area (Å²) in [6.07, 6.45) is 4.15. The number of benzene rings is 1. The Bertz CT molecular complexity index is 823. The SMILES string of the molecule is COc1ccc2c(c1)-c1nc3c(Br)cccn3c1CC2. The molecular weight excluding hydrogens is 316 g/mol. The van der Waals surface area contributed by atoms with Gasteiger partial charge in [-0.25, -0.2) is 4.98 Å². The zero-order valence-corrected chi connectivity index (χ0v) is 12.6. The highest BCUT2D eigenvalue weighted by atomic mass is 79.9. The quantitative estimate of drug-likeness (QED) is 0.677. The number of nitrogens with zero attached hydrogens (tertiary/aromatic N) is 2. The van der Waals surface area contributed by atoms with Crippen LogP contribution in [-0.2, 0) is 12.8 Å². The van der Waals surface area contributed by atoms with Gasteiger partial charge in [0.25, 0.3) is 0 Å². The summed E-state index contributed by atoms with van der Waals surface area (Å²) in [4.78, 5) is 4.83. The third-order valence-corrected chi connectivity index (χ3v) is 4.52. The molecule has 1 aliphatic carbocycles. The lowest BCUT2D eigenvalue weighted by Gasteiger charge is -2.16. The molecule has 0 atom stereocenters. The lowest BCUT2D eigenvalue weighted by molar-refractivity contribution is 0.415. The van der Waals surface area contributed by atoms with Crippen molar-refractivity contribution in [3.8, 4) is 17.0 Å². The highest BCUT2D eigenvalue weighted by Gasteiger charge is 2.22. The molecule has 0 radical (unpaired) electrons. The standard InChI is InChI=1S/C16H13BrN2O/c1-20-11-6-4-10-5-7-14-15(12(10)9-11)18-16-13(17)3-2-8-19(14)16/h2-4,6,8-9H,5,7H2,1H3. The van der Waals surface area contributed by atoms with Crippen LogP contribution in [0, 0.1) is 0 Å². The predicted molar refractivity (Wildman–Crippen MR) is 82.3 cm³/mol. The molecule has 4 heteroatoms. The van der Waals surface area contributed by atoms with Crippen LogP contribution in [0.3, 0.4) is 0 Å². The third-order valence-electron chi connectivity index (χ3n) is 3.90. The lowest BCUT2D eigenvalue weighted by Crippen LogP contribution is -2.05. The number of ether oxygens (including phenoxy) is 1. The molecule has 0 amide bonds. The number of aryl methyl sites for hydroxylation is 2. The minimum Gasteiger partial charge on any atom is -0.497 e. The van der Waals surface area contributed by atoms with Crippen LogP contribution in [0.5, 0.6) is 5.75 Å². The largest absolute Gasteiger partial charge is 0.497 e.